The summed E-state index contributed by atoms with van der Waals surface area (Å²) in [5, 5.41) is 3.61. The Balaban J connectivity index is 1.76. The van der Waals surface area contributed by atoms with Crippen LogP contribution in [-0.4, -0.2) is 32.1 Å². The van der Waals surface area contributed by atoms with Gasteiger partial charge >= 0.3 is 0 Å². The number of nitrogens with zero attached hydrogens (tertiary/aromatic N) is 4. The van der Waals surface area contributed by atoms with Crippen molar-refractivity contribution in [3.05, 3.63) is 35.7 Å². The number of hydrogen-bond acceptors (Lipinski definition) is 5. The number of aryl methyl sites for hydroxylation is 1. The van der Waals surface area contributed by atoms with Crippen molar-refractivity contribution in [2.24, 2.45) is 12.8 Å². The van der Waals surface area contributed by atoms with Crippen LogP contribution in [0.25, 0.3) is 0 Å². The third-order valence-corrected chi connectivity index (χ3v) is 3.59. The number of amides is 1. The number of aromatic nitrogens is 3. The number of carbonyl (C=O) groups is 1. The molecule has 0 unspecified atom stereocenters. The molecule has 2 aromatic heterocycles. The van der Waals surface area contributed by atoms with Crippen LogP contribution in [0.1, 0.15) is 41.0 Å². The topological polar surface area (TPSA) is 90.2 Å². The molecule has 1 amide bonds. The summed E-state index contributed by atoms with van der Waals surface area (Å²) < 4.78 is 7.20. The summed E-state index contributed by atoms with van der Waals surface area (Å²) in [6, 6.07) is 2.16. The average Bonchev–Trinajstić information content (AvgIpc) is 3.10. The first kappa shape index (κ1) is 12.9. The van der Waals surface area contributed by atoms with E-state index in [1.165, 1.54) is 5.56 Å². The van der Waals surface area contributed by atoms with E-state index in [1.54, 1.807) is 0 Å². The van der Waals surface area contributed by atoms with Gasteiger partial charge in [-0.25, -0.2) is 0 Å². The number of hydrogen-bond donors (Lipinski definition) is 1. The van der Waals surface area contributed by atoms with Crippen molar-refractivity contribution in [3.63, 3.8) is 0 Å². The molecular formula is C13H17N5O2. The molecule has 1 aliphatic heterocycles. The van der Waals surface area contributed by atoms with E-state index in [0.29, 0.717) is 5.89 Å². The normalized spacial score (nSPS) is 19.6. The van der Waals surface area contributed by atoms with E-state index in [1.807, 2.05) is 17.8 Å². The minimum Gasteiger partial charge on any atom is -0.363 e. The van der Waals surface area contributed by atoms with Crippen molar-refractivity contribution in [2.75, 3.05) is 6.54 Å². The van der Waals surface area contributed by atoms with Gasteiger partial charge in [-0.15, -0.1) is 0 Å². The highest BCUT2D eigenvalue weighted by Gasteiger charge is 2.31. The number of carbonyl (C=O) groups excluding carboxylic acids is 1. The standard InChI is InChI=1S/C13H17N5O2/c1-17-6-4-9(7-17)8-18-5-2-3-10(18)13-15-12(11(14)19)16-20-13/h4,6-7,10H,2-3,5,8H2,1H3,(H2,14,19)/t10-/m0/s1. The molecule has 0 spiro atoms. The lowest BCUT2D eigenvalue weighted by molar-refractivity contribution is 0.0987. The zero-order valence-electron chi connectivity index (χ0n) is 11.3. The minimum absolute atomic E-state index is 0.0495. The maximum Gasteiger partial charge on any atom is 0.290 e. The van der Waals surface area contributed by atoms with Crippen molar-refractivity contribution < 1.29 is 9.32 Å². The number of rotatable bonds is 4. The third-order valence-electron chi connectivity index (χ3n) is 3.59. The van der Waals surface area contributed by atoms with Crippen molar-refractivity contribution in [1.29, 1.82) is 0 Å². The molecule has 3 heterocycles. The first-order valence-electron chi connectivity index (χ1n) is 6.62. The zero-order valence-corrected chi connectivity index (χ0v) is 11.3. The fraction of sp³-hybridized carbons (Fsp3) is 0.462. The largest absolute Gasteiger partial charge is 0.363 e. The van der Waals surface area contributed by atoms with Gasteiger partial charge in [0.1, 0.15) is 0 Å². The van der Waals surface area contributed by atoms with Gasteiger partial charge in [0, 0.05) is 26.0 Å². The van der Waals surface area contributed by atoms with Crippen molar-refractivity contribution in [2.45, 2.75) is 25.4 Å². The molecular weight excluding hydrogens is 258 g/mol. The maximum absolute atomic E-state index is 11.0. The van der Waals surface area contributed by atoms with E-state index in [9.17, 15) is 4.79 Å². The first-order chi connectivity index (χ1) is 9.63. The molecule has 0 saturated carbocycles. The van der Waals surface area contributed by atoms with E-state index in [2.05, 4.69) is 27.3 Å². The van der Waals surface area contributed by atoms with Gasteiger partial charge in [-0.2, -0.15) is 4.98 Å². The number of nitrogens with two attached hydrogens (primary N) is 1. The van der Waals surface area contributed by atoms with Gasteiger partial charge < -0.3 is 14.8 Å². The van der Waals surface area contributed by atoms with Gasteiger partial charge in [0.15, 0.2) is 0 Å². The maximum atomic E-state index is 11.0. The van der Waals surface area contributed by atoms with E-state index in [4.69, 9.17) is 10.3 Å². The summed E-state index contributed by atoms with van der Waals surface area (Å²) in [6.45, 7) is 1.81. The van der Waals surface area contributed by atoms with Gasteiger partial charge in [-0.05, 0) is 31.0 Å². The number of likely N-dealkylation sites (tertiary alicyclic amines) is 1. The molecule has 2 N–H and O–H groups in total. The molecule has 2 aromatic rings. The molecule has 1 atom stereocenters. The summed E-state index contributed by atoms with van der Waals surface area (Å²) >= 11 is 0. The Labute approximate surface area is 116 Å². The monoisotopic (exact) mass is 275 g/mol. The Morgan fingerprint density at radius 3 is 3.10 bits per heavy atom. The fourth-order valence-electron chi connectivity index (χ4n) is 2.65. The molecule has 106 valence electrons. The molecule has 1 saturated heterocycles. The van der Waals surface area contributed by atoms with E-state index < -0.39 is 5.91 Å². The molecule has 3 rings (SSSR count). The molecule has 1 aliphatic rings. The second-order valence-corrected chi connectivity index (χ2v) is 5.13. The summed E-state index contributed by atoms with van der Waals surface area (Å²) in [5.74, 6) is -0.230. The van der Waals surface area contributed by atoms with Crippen LogP contribution in [0.5, 0.6) is 0 Å². The Morgan fingerprint density at radius 1 is 1.60 bits per heavy atom. The first-order valence-corrected chi connectivity index (χ1v) is 6.62. The highest BCUT2D eigenvalue weighted by molar-refractivity contribution is 5.88. The SMILES string of the molecule is Cn1ccc(CN2CCC[C@H]2c2nc(C(N)=O)no2)c1. The van der Waals surface area contributed by atoms with Crippen LogP contribution >= 0.6 is 0 Å². The second kappa shape index (κ2) is 5.09. The Kier molecular flexibility index (Phi) is 3.27. The van der Waals surface area contributed by atoms with Gasteiger partial charge in [0.2, 0.25) is 5.89 Å². The van der Waals surface area contributed by atoms with Crippen LogP contribution in [0.4, 0.5) is 0 Å². The predicted octanol–water partition coefficient (Wildman–Crippen LogP) is 0.844. The molecule has 0 bridgehead atoms. The van der Waals surface area contributed by atoms with Crippen LogP contribution in [0, 0.1) is 0 Å². The Bertz CT molecular complexity index is 618. The Hall–Kier alpha value is -2.15. The van der Waals surface area contributed by atoms with Gasteiger partial charge in [0.25, 0.3) is 11.7 Å². The molecule has 7 heteroatoms. The van der Waals surface area contributed by atoms with Crippen LogP contribution in [0.3, 0.4) is 0 Å². The predicted molar refractivity (Wildman–Crippen MR) is 70.6 cm³/mol. The lowest BCUT2D eigenvalue weighted by atomic mass is 10.2. The molecule has 1 fully saturated rings. The van der Waals surface area contributed by atoms with Crippen LogP contribution in [0.2, 0.25) is 0 Å². The molecule has 20 heavy (non-hydrogen) atoms. The van der Waals surface area contributed by atoms with Crippen molar-refractivity contribution in [3.8, 4) is 0 Å². The highest BCUT2D eigenvalue weighted by atomic mass is 16.5. The molecule has 7 nitrogen and oxygen atoms in total. The van der Waals surface area contributed by atoms with Gasteiger partial charge in [0.05, 0.1) is 6.04 Å². The lowest BCUT2D eigenvalue weighted by Gasteiger charge is -2.20. The van der Waals surface area contributed by atoms with Gasteiger partial charge in [-0.1, -0.05) is 5.16 Å². The summed E-state index contributed by atoms with van der Waals surface area (Å²) in [5.41, 5.74) is 6.39. The summed E-state index contributed by atoms with van der Waals surface area (Å²) in [7, 11) is 2.00. The van der Waals surface area contributed by atoms with Crippen LogP contribution in [-0.2, 0) is 13.6 Å². The summed E-state index contributed by atoms with van der Waals surface area (Å²) in [6.07, 6.45) is 6.15. The smallest absolute Gasteiger partial charge is 0.290 e. The average molecular weight is 275 g/mol. The zero-order chi connectivity index (χ0) is 14.1. The lowest BCUT2D eigenvalue weighted by Crippen LogP contribution is -2.23. The molecule has 0 aliphatic carbocycles. The quantitative estimate of drug-likeness (QED) is 0.893. The molecule has 0 aromatic carbocycles. The van der Waals surface area contributed by atoms with Gasteiger partial charge in [-0.3, -0.25) is 9.69 Å². The van der Waals surface area contributed by atoms with E-state index >= 15 is 0 Å². The highest BCUT2D eigenvalue weighted by Crippen LogP contribution is 2.32. The minimum atomic E-state index is -0.660. The van der Waals surface area contributed by atoms with Crippen molar-refractivity contribution in [1.82, 2.24) is 19.6 Å². The van der Waals surface area contributed by atoms with E-state index in [0.717, 1.165) is 25.9 Å². The fourth-order valence-corrected chi connectivity index (χ4v) is 2.65. The third kappa shape index (κ3) is 2.44. The second-order valence-electron chi connectivity index (χ2n) is 5.13. The Morgan fingerprint density at radius 2 is 2.45 bits per heavy atom. The van der Waals surface area contributed by atoms with E-state index in [-0.39, 0.29) is 11.9 Å². The van der Waals surface area contributed by atoms with Crippen LogP contribution < -0.4 is 5.73 Å². The van der Waals surface area contributed by atoms with Crippen molar-refractivity contribution >= 4 is 5.91 Å². The molecule has 0 radical (unpaired) electrons. The van der Waals surface area contributed by atoms with Crippen LogP contribution in [0.15, 0.2) is 23.0 Å². The summed E-state index contributed by atoms with van der Waals surface area (Å²) in [4.78, 5) is 17.4. The number of primary amides is 1.